The highest BCUT2D eigenvalue weighted by Gasteiger charge is 2.15. The van der Waals surface area contributed by atoms with Crippen LogP contribution in [0.3, 0.4) is 0 Å². The number of benzene rings is 4. The van der Waals surface area contributed by atoms with E-state index in [1.165, 1.54) is 11.9 Å². The van der Waals surface area contributed by atoms with Crippen molar-refractivity contribution in [2.24, 2.45) is 0 Å². The van der Waals surface area contributed by atoms with Crippen LogP contribution in [0, 0.1) is 0 Å². The smallest absolute Gasteiger partial charge is 0.0602 e. The van der Waals surface area contributed by atoms with Crippen LogP contribution in [-0.4, -0.2) is 0 Å². The Kier molecular flexibility index (Phi) is 6.37. The van der Waals surface area contributed by atoms with Crippen molar-refractivity contribution in [1.29, 1.82) is 0 Å². The standard InChI is InChI=1S/C24H16Cl3NS/c25-18-11-12-23(22(27)15-18)29-28-24-20(16-7-3-1-4-8-16)13-19(26)14-21(24)17-9-5-2-6-10-17/h1-15,28H. The van der Waals surface area contributed by atoms with Gasteiger partial charge in [0.15, 0.2) is 0 Å². The first-order chi connectivity index (χ1) is 14.1. The first kappa shape index (κ1) is 20.2. The third-order valence-corrected chi connectivity index (χ3v) is 6.19. The molecule has 1 N–H and O–H groups in total. The van der Waals surface area contributed by atoms with E-state index < -0.39 is 0 Å². The van der Waals surface area contributed by atoms with Crippen LogP contribution in [0.25, 0.3) is 22.3 Å². The van der Waals surface area contributed by atoms with Crippen LogP contribution in [0.15, 0.2) is 95.9 Å². The second kappa shape index (κ2) is 9.15. The minimum atomic E-state index is 0.603. The van der Waals surface area contributed by atoms with Crippen LogP contribution in [0.5, 0.6) is 0 Å². The fourth-order valence-corrected chi connectivity index (χ4v) is 4.54. The molecule has 4 aromatic carbocycles. The van der Waals surface area contributed by atoms with Crippen molar-refractivity contribution in [3.05, 3.63) is 106 Å². The van der Waals surface area contributed by atoms with Gasteiger partial charge in [-0.15, -0.1) is 0 Å². The maximum atomic E-state index is 6.51. The minimum absolute atomic E-state index is 0.603. The predicted molar refractivity (Wildman–Crippen MR) is 128 cm³/mol. The molecule has 0 amide bonds. The Labute approximate surface area is 189 Å². The van der Waals surface area contributed by atoms with Crippen molar-refractivity contribution >= 4 is 52.4 Å². The quantitative estimate of drug-likeness (QED) is 0.300. The lowest BCUT2D eigenvalue weighted by Crippen LogP contribution is -1.95. The van der Waals surface area contributed by atoms with Gasteiger partial charge in [0.2, 0.25) is 0 Å². The summed E-state index contributed by atoms with van der Waals surface area (Å²) in [5.41, 5.74) is 5.18. The van der Waals surface area contributed by atoms with E-state index in [0.29, 0.717) is 15.1 Å². The molecule has 29 heavy (non-hydrogen) atoms. The molecule has 0 aliphatic heterocycles. The molecule has 0 fully saturated rings. The molecule has 0 radical (unpaired) electrons. The van der Waals surface area contributed by atoms with E-state index in [1.807, 2.05) is 60.7 Å². The van der Waals surface area contributed by atoms with Gasteiger partial charge >= 0.3 is 0 Å². The summed E-state index contributed by atoms with van der Waals surface area (Å²) in [6.07, 6.45) is 0. The molecule has 0 saturated carbocycles. The maximum Gasteiger partial charge on any atom is 0.0602 e. The Hall–Kier alpha value is -2.10. The van der Waals surface area contributed by atoms with Gasteiger partial charge in [0.1, 0.15) is 0 Å². The number of rotatable bonds is 5. The monoisotopic (exact) mass is 455 g/mol. The third kappa shape index (κ3) is 4.73. The Morgan fingerprint density at radius 2 is 1.14 bits per heavy atom. The second-order valence-corrected chi connectivity index (χ2v) is 8.51. The molecule has 0 spiro atoms. The van der Waals surface area contributed by atoms with Crippen LogP contribution in [-0.2, 0) is 0 Å². The molecule has 4 aromatic rings. The molecule has 0 aliphatic rings. The molecule has 0 bridgehead atoms. The predicted octanol–water partition coefficient (Wildman–Crippen LogP) is 9.10. The summed E-state index contributed by atoms with van der Waals surface area (Å²) in [6, 6.07) is 29.8. The van der Waals surface area contributed by atoms with Gasteiger partial charge in [0.25, 0.3) is 0 Å². The molecule has 0 aliphatic carbocycles. The summed E-state index contributed by atoms with van der Waals surface area (Å²) >= 11 is 20.4. The zero-order chi connectivity index (χ0) is 20.2. The summed E-state index contributed by atoms with van der Waals surface area (Å²) in [5.74, 6) is 0. The molecule has 1 nitrogen and oxygen atoms in total. The van der Waals surface area contributed by atoms with Gasteiger partial charge in [0.05, 0.1) is 10.7 Å². The zero-order valence-electron chi connectivity index (χ0n) is 15.2. The fraction of sp³-hybridized carbons (Fsp3) is 0. The van der Waals surface area contributed by atoms with Gasteiger partial charge in [-0.3, -0.25) is 0 Å². The highest BCUT2D eigenvalue weighted by Crippen LogP contribution is 2.42. The van der Waals surface area contributed by atoms with Crippen LogP contribution in [0.1, 0.15) is 0 Å². The number of hydrogen-bond donors (Lipinski definition) is 1. The largest absolute Gasteiger partial charge is 0.324 e. The Morgan fingerprint density at radius 3 is 1.66 bits per heavy atom. The van der Waals surface area contributed by atoms with E-state index >= 15 is 0 Å². The van der Waals surface area contributed by atoms with Gasteiger partial charge in [-0.2, -0.15) is 0 Å². The summed E-state index contributed by atoms with van der Waals surface area (Å²) in [5, 5.41) is 1.90. The Morgan fingerprint density at radius 1 is 0.586 bits per heavy atom. The molecular formula is C24H16Cl3NS. The van der Waals surface area contributed by atoms with E-state index in [0.717, 1.165) is 32.8 Å². The lowest BCUT2D eigenvalue weighted by molar-refractivity contribution is 1.46. The SMILES string of the molecule is Clc1ccc(SNc2c(-c3ccccc3)cc(Cl)cc2-c2ccccc2)c(Cl)c1. The molecule has 5 heteroatoms. The van der Waals surface area contributed by atoms with Crippen LogP contribution >= 0.6 is 46.8 Å². The number of halogens is 3. The molecule has 0 saturated heterocycles. The van der Waals surface area contributed by atoms with Crippen LogP contribution in [0.2, 0.25) is 15.1 Å². The van der Waals surface area contributed by atoms with E-state index in [-0.39, 0.29) is 0 Å². The van der Waals surface area contributed by atoms with E-state index in [2.05, 4.69) is 29.0 Å². The fourth-order valence-electron chi connectivity index (χ4n) is 3.07. The van der Waals surface area contributed by atoms with Crippen molar-refractivity contribution in [3.63, 3.8) is 0 Å². The highest BCUT2D eigenvalue weighted by atomic mass is 35.5. The van der Waals surface area contributed by atoms with Crippen molar-refractivity contribution in [1.82, 2.24) is 0 Å². The van der Waals surface area contributed by atoms with E-state index in [1.54, 1.807) is 6.07 Å². The van der Waals surface area contributed by atoms with Gasteiger partial charge in [-0.05, 0) is 53.4 Å². The van der Waals surface area contributed by atoms with Crippen LogP contribution in [0.4, 0.5) is 5.69 Å². The molecule has 0 aromatic heterocycles. The molecule has 0 heterocycles. The Balaban J connectivity index is 1.82. The normalized spacial score (nSPS) is 10.7. The lowest BCUT2D eigenvalue weighted by Gasteiger charge is -2.18. The third-order valence-electron chi connectivity index (χ3n) is 4.43. The van der Waals surface area contributed by atoms with Gasteiger partial charge in [-0.1, -0.05) is 95.5 Å². The summed E-state index contributed by atoms with van der Waals surface area (Å²) < 4.78 is 3.51. The van der Waals surface area contributed by atoms with E-state index in [9.17, 15) is 0 Å². The average Bonchev–Trinajstić information content (AvgIpc) is 2.74. The lowest BCUT2D eigenvalue weighted by atomic mass is 9.96. The first-order valence-corrected chi connectivity index (χ1v) is 10.9. The second-order valence-electron chi connectivity index (χ2n) is 6.39. The van der Waals surface area contributed by atoms with Crippen molar-refractivity contribution in [2.45, 2.75) is 4.90 Å². The molecule has 0 atom stereocenters. The van der Waals surface area contributed by atoms with Crippen molar-refractivity contribution < 1.29 is 0 Å². The van der Waals surface area contributed by atoms with Crippen molar-refractivity contribution in [2.75, 3.05) is 4.72 Å². The van der Waals surface area contributed by atoms with Crippen LogP contribution < -0.4 is 4.72 Å². The molecule has 0 unspecified atom stereocenters. The van der Waals surface area contributed by atoms with Crippen molar-refractivity contribution in [3.8, 4) is 22.3 Å². The average molecular weight is 457 g/mol. The first-order valence-electron chi connectivity index (χ1n) is 8.94. The zero-order valence-corrected chi connectivity index (χ0v) is 18.3. The van der Waals surface area contributed by atoms with Gasteiger partial charge in [0, 0.05) is 26.1 Å². The maximum absolute atomic E-state index is 6.51. The summed E-state index contributed by atoms with van der Waals surface area (Å²) in [7, 11) is 0. The molecule has 4 rings (SSSR count). The Bertz CT molecular complexity index is 1070. The number of hydrogen-bond acceptors (Lipinski definition) is 2. The number of anilines is 1. The number of nitrogens with one attached hydrogen (secondary N) is 1. The minimum Gasteiger partial charge on any atom is -0.324 e. The van der Waals surface area contributed by atoms with Gasteiger partial charge < -0.3 is 4.72 Å². The molecular weight excluding hydrogens is 441 g/mol. The van der Waals surface area contributed by atoms with Gasteiger partial charge in [-0.25, -0.2) is 0 Å². The topological polar surface area (TPSA) is 12.0 Å². The summed E-state index contributed by atoms with van der Waals surface area (Å²) in [4.78, 5) is 0.893. The summed E-state index contributed by atoms with van der Waals surface area (Å²) in [6.45, 7) is 0. The van der Waals surface area contributed by atoms with E-state index in [4.69, 9.17) is 34.8 Å². The highest BCUT2D eigenvalue weighted by molar-refractivity contribution is 8.00. The molecule has 144 valence electrons.